The van der Waals surface area contributed by atoms with Crippen LogP contribution >= 0.6 is 0 Å². The number of benzene rings is 4. The third-order valence-electron chi connectivity index (χ3n) is 6.83. The minimum absolute atomic E-state index is 0.120. The maximum absolute atomic E-state index is 14.0. The molecule has 0 saturated carbocycles. The van der Waals surface area contributed by atoms with E-state index in [1.165, 1.54) is 20.3 Å². The number of hydrogen-bond donors (Lipinski definition) is 1. The van der Waals surface area contributed by atoms with Gasteiger partial charge in [0, 0.05) is 16.5 Å². The number of halogens is 3. The van der Waals surface area contributed by atoms with E-state index in [1.54, 1.807) is 38.1 Å². The minimum Gasteiger partial charge on any atom is -0.506 e. The summed E-state index contributed by atoms with van der Waals surface area (Å²) >= 11 is 0. The monoisotopic (exact) mass is 626 g/mol. The lowest BCUT2D eigenvalue weighted by atomic mass is 9.85. The molecule has 0 aliphatic heterocycles. The first-order valence-electron chi connectivity index (χ1n) is 13.9. The van der Waals surface area contributed by atoms with Gasteiger partial charge in [0.1, 0.15) is 5.75 Å². The average molecular weight is 627 g/mol. The second kappa shape index (κ2) is 13.0. The highest BCUT2D eigenvalue weighted by molar-refractivity contribution is 6.23. The zero-order valence-corrected chi connectivity index (χ0v) is 25.8. The molecule has 0 spiro atoms. The Balaban J connectivity index is 2.18. The number of phenolic OH excluding ortho intramolecular Hbond substituents is 1. The number of esters is 1. The van der Waals surface area contributed by atoms with Crippen LogP contribution in [0.3, 0.4) is 0 Å². The molecule has 0 aliphatic rings. The molecular weight excluding hydrogens is 593 g/mol. The van der Waals surface area contributed by atoms with Crippen LogP contribution in [0.1, 0.15) is 59.5 Å². The summed E-state index contributed by atoms with van der Waals surface area (Å²) in [5.41, 5.74) is -1.38. The lowest BCUT2D eigenvalue weighted by molar-refractivity contribution is -0.137. The number of hydrogen-bond acceptors (Lipinski definition) is 8. The largest absolute Gasteiger partial charge is 0.506 e. The van der Waals surface area contributed by atoms with Crippen LogP contribution < -0.4 is 18.9 Å². The fraction of sp³-hybridized carbons (Fsp3) is 0.294. The summed E-state index contributed by atoms with van der Waals surface area (Å²) in [4.78, 5) is 27.6. The van der Waals surface area contributed by atoms with E-state index in [9.17, 15) is 27.9 Å². The van der Waals surface area contributed by atoms with Crippen LogP contribution in [0.5, 0.6) is 28.7 Å². The van der Waals surface area contributed by atoms with Crippen molar-refractivity contribution in [2.75, 3.05) is 21.3 Å². The lowest BCUT2D eigenvalue weighted by Crippen LogP contribution is -2.15. The molecule has 0 aromatic heterocycles. The smallest absolute Gasteiger partial charge is 0.416 e. The Morgan fingerprint density at radius 1 is 0.711 bits per heavy atom. The number of ether oxygens (including phenoxy) is 5. The molecule has 11 heteroatoms. The van der Waals surface area contributed by atoms with Gasteiger partial charge in [-0.2, -0.15) is 13.2 Å². The molecule has 0 atom stereocenters. The van der Waals surface area contributed by atoms with Crippen LogP contribution in [-0.2, 0) is 10.9 Å². The summed E-state index contributed by atoms with van der Waals surface area (Å²) in [6, 6.07) is 11.4. The molecule has 4 aromatic carbocycles. The van der Waals surface area contributed by atoms with Crippen molar-refractivity contribution < 1.29 is 51.6 Å². The van der Waals surface area contributed by atoms with Crippen molar-refractivity contribution in [1.29, 1.82) is 0 Å². The summed E-state index contributed by atoms with van der Waals surface area (Å²) in [6.07, 6.45) is -5.21. The maximum atomic E-state index is 14.0. The van der Waals surface area contributed by atoms with Crippen LogP contribution in [0.2, 0.25) is 0 Å². The van der Waals surface area contributed by atoms with Crippen LogP contribution in [0.25, 0.3) is 21.9 Å². The Morgan fingerprint density at radius 3 is 1.76 bits per heavy atom. The summed E-state index contributed by atoms with van der Waals surface area (Å²) in [7, 11) is 4.00. The van der Waals surface area contributed by atoms with E-state index in [0.29, 0.717) is 28.2 Å². The van der Waals surface area contributed by atoms with E-state index in [2.05, 4.69) is 0 Å². The van der Waals surface area contributed by atoms with Crippen molar-refractivity contribution in [3.05, 3.63) is 76.9 Å². The van der Waals surface area contributed by atoms with Crippen LogP contribution in [-0.4, -0.2) is 50.4 Å². The van der Waals surface area contributed by atoms with E-state index >= 15 is 0 Å². The van der Waals surface area contributed by atoms with Crippen molar-refractivity contribution in [2.24, 2.45) is 0 Å². The Bertz CT molecular complexity index is 1740. The molecular formula is C34H33F3O8. The molecule has 0 aliphatic carbocycles. The molecule has 0 radical (unpaired) electrons. The standard InChI is InChI=1S/C34H33F3O8/c1-17(2)44-26-15-22-23(16-27(26)45-18(3)4)32(39)30(31(38)19-8-11-21(12-9-19)34(35,36)37)29(33(40)43-7)28(22)20-10-13-24(41-5)25(14-20)42-6/h8-18,39H,1-7H3. The second-order valence-corrected chi connectivity index (χ2v) is 10.6. The van der Waals surface area contributed by atoms with Crippen LogP contribution in [0.4, 0.5) is 13.2 Å². The molecule has 0 bridgehead atoms. The Labute approximate surface area is 258 Å². The predicted molar refractivity (Wildman–Crippen MR) is 162 cm³/mol. The fourth-order valence-corrected chi connectivity index (χ4v) is 4.94. The number of alkyl halides is 3. The van der Waals surface area contributed by atoms with Gasteiger partial charge in [0.15, 0.2) is 28.8 Å². The third kappa shape index (κ3) is 6.62. The molecule has 45 heavy (non-hydrogen) atoms. The summed E-state index contributed by atoms with van der Waals surface area (Å²) in [5.74, 6) is -1.20. The maximum Gasteiger partial charge on any atom is 0.416 e. The quantitative estimate of drug-likeness (QED) is 0.140. The molecule has 4 aromatic rings. The normalized spacial score (nSPS) is 11.6. The molecule has 8 nitrogen and oxygen atoms in total. The minimum atomic E-state index is -4.63. The topological polar surface area (TPSA) is 101 Å². The predicted octanol–water partition coefficient (Wildman–Crippen LogP) is 7.84. The molecule has 0 unspecified atom stereocenters. The fourth-order valence-electron chi connectivity index (χ4n) is 4.94. The van der Waals surface area contributed by atoms with Gasteiger partial charge in [-0.1, -0.05) is 18.2 Å². The van der Waals surface area contributed by atoms with Crippen molar-refractivity contribution >= 4 is 22.5 Å². The Morgan fingerprint density at radius 2 is 1.27 bits per heavy atom. The van der Waals surface area contributed by atoms with E-state index in [-0.39, 0.29) is 40.0 Å². The highest BCUT2D eigenvalue weighted by Crippen LogP contribution is 2.48. The van der Waals surface area contributed by atoms with Crippen LogP contribution in [0, 0.1) is 0 Å². The number of methoxy groups -OCH3 is 3. The zero-order valence-electron chi connectivity index (χ0n) is 25.8. The summed E-state index contributed by atoms with van der Waals surface area (Å²) in [5, 5.41) is 12.1. The van der Waals surface area contributed by atoms with E-state index in [1.807, 2.05) is 13.8 Å². The first kappa shape index (κ1) is 33.0. The molecule has 4 rings (SSSR count). The van der Waals surface area contributed by atoms with Gasteiger partial charge in [-0.25, -0.2) is 4.79 Å². The van der Waals surface area contributed by atoms with E-state index in [4.69, 9.17) is 23.7 Å². The molecule has 1 N–H and O–H groups in total. The number of rotatable bonds is 10. The summed E-state index contributed by atoms with van der Waals surface area (Å²) < 4.78 is 67.8. The van der Waals surface area contributed by atoms with Crippen molar-refractivity contribution in [2.45, 2.75) is 46.1 Å². The Kier molecular flexibility index (Phi) is 9.50. The Hall–Kier alpha value is -4.93. The van der Waals surface area contributed by atoms with Crippen molar-refractivity contribution in [1.82, 2.24) is 0 Å². The molecule has 0 heterocycles. The number of carbonyl (C=O) groups is 2. The highest BCUT2D eigenvalue weighted by Gasteiger charge is 2.33. The summed E-state index contributed by atoms with van der Waals surface area (Å²) in [6.45, 7) is 7.25. The van der Waals surface area contributed by atoms with Gasteiger partial charge in [-0.15, -0.1) is 0 Å². The molecule has 238 valence electrons. The van der Waals surface area contributed by atoms with Gasteiger partial charge in [-0.05, 0) is 75.0 Å². The molecule has 0 fully saturated rings. The molecule has 0 saturated heterocycles. The average Bonchev–Trinajstić information content (AvgIpc) is 2.99. The molecule has 0 amide bonds. The van der Waals surface area contributed by atoms with Gasteiger partial charge in [-0.3, -0.25) is 4.79 Å². The van der Waals surface area contributed by atoms with Gasteiger partial charge in [0.2, 0.25) is 0 Å². The highest BCUT2D eigenvalue weighted by atomic mass is 19.4. The van der Waals surface area contributed by atoms with Crippen molar-refractivity contribution in [3.8, 4) is 39.9 Å². The number of carbonyl (C=O) groups excluding carboxylic acids is 2. The van der Waals surface area contributed by atoms with Gasteiger partial charge in [0.25, 0.3) is 0 Å². The number of ketones is 1. The van der Waals surface area contributed by atoms with Gasteiger partial charge >= 0.3 is 12.1 Å². The number of phenols is 1. The number of fused-ring (bicyclic) bond motifs is 1. The van der Waals surface area contributed by atoms with Crippen LogP contribution in [0.15, 0.2) is 54.6 Å². The first-order valence-corrected chi connectivity index (χ1v) is 13.9. The van der Waals surface area contributed by atoms with Gasteiger partial charge < -0.3 is 28.8 Å². The SMILES string of the molecule is COC(=O)c1c(C(=O)c2ccc(C(F)(F)F)cc2)c(O)c2cc(OC(C)C)c(OC(C)C)cc2c1-c1ccc(OC)c(OC)c1. The third-order valence-corrected chi connectivity index (χ3v) is 6.83. The van der Waals surface area contributed by atoms with Crippen molar-refractivity contribution in [3.63, 3.8) is 0 Å². The van der Waals surface area contributed by atoms with E-state index in [0.717, 1.165) is 31.4 Å². The van der Waals surface area contributed by atoms with E-state index < -0.39 is 34.8 Å². The zero-order chi connectivity index (χ0) is 33.2. The second-order valence-electron chi connectivity index (χ2n) is 10.6. The number of aromatic hydroxyl groups is 1. The first-order chi connectivity index (χ1) is 21.2. The van der Waals surface area contributed by atoms with Gasteiger partial charge in [0.05, 0.1) is 50.2 Å². The lowest BCUT2D eigenvalue weighted by Gasteiger charge is -2.22.